The van der Waals surface area contributed by atoms with Gasteiger partial charge in [-0.3, -0.25) is 0 Å². The van der Waals surface area contributed by atoms with Crippen molar-refractivity contribution in [3.63, 3.8) is 0 Å². The fraction of sp³-hybridized carbons (Fsp3) is 1.00. The lowest BCUT2D eigenvalue weighted by Crippen LogP contribution is -2.58. The second kappa shape index (κ2) is 4.89. The van der Waals surface area contributed by atoms with Crippen molar-refractivity contribution in [3.8, 4) is 0 Å². The van der Waals surface area contributed by atoms with Crippen molar-refractivity contribution in [2.24, 2.45) is 17.8 Å². The first-order chi connectivity index (χ1) is 8.30. The lowest BCUT2D eigenvalue weighted by molar-refractivity contribution is -0.0197. The van der Waals surface area contributed by atoms with Crippen LogP contribution in [0.5, 0.6) is 0 Å². The molecule has 17 heavy (non-hydrogen) atoms. The maximum Gasteiger partial charge on any atom is 0.0462 e. The zero-order chi connectivity index (χ0) is 11.7. The van der Waals surface area contributed by atoms with Gasteiger partial charge in [-0.1, -0.05) is 0 Å². The third kappa shape index (κ3) is 2.53. The summed E-state index contributed by atoms with van der Waals surface area (Å²) in [6.45, 7) is 2.12. The lowest BCUT2D eigenvalue weighted by atomic mass is 9.53. The van der Waals surface area contributed by atoms with Gasteiger partial charge in [0.2, 0.25) is 0 Å². The zero-order valence-electron chi connectivity index (χ0n) is 11.2. The maximum absolute atomic E-state index is 5.11. The molecule has 0 aromatic carbocycles. The van der Waals surface area contributed by atoms with Gasteiger partial charge >= 0.3 is 0 Å². The zero-order valence-corrected chi connectivity index (χ0v) is 11.2. The first-order valence-electron chi connectivity index (χ1n) is 7.54. The van der Waals surface area contributed by atoms with E-state index in [0.29, 0.717) is 5.54 Å². The molecule has 4 aliphatic rings. The topological polar surface area (TPSA) is 21.3 Å². The number of methoxy groups -OCH3 is 1. The summed E-state index contributed by atoms with van der Waals surface area (Å²) in [6.07, 6.45) is 11.5. The van der Waals surface area contributed by atoms with E-state index < -0.39 is 0 Å². The van der Waals surface area contributed by atoms with Crippen LogP contribution in [-0.4, -0.2) is 25.8 Å². The summed E-state index contributed by atoms with van der Waals surface area (Å²) in [6, 6.07) is 0. The largest absolute Gasteiger partial charge is 0.385 e. The van der Waals surface area contributed by atoms with Gasteiger partial charge in [-0.2, -0.15) is 0 Å². The summed E-state index contributed by atoms with van der Waals surface area (Å²) in [5.41, 5.74) is 0.557. The Morgan fingerprint density at radius 3 is 2.12 bits per heavy atom. The molecule has 2 nitrogen and oxygen atoms in total. The average molecular weight is 237 g/mol. The summed E-state index contributed by atoms with van der Waals surface area (Å²) < 4.78 is 5.11. The van der Waals surface area contributed by atoms with Crippen molar-refractivity contribution in [1.29, 1.82) is 0 Å². The van der Waals surface area contributed by atoms with Gasteiger partial charge in [0.05, 0.1) is 0 Å². The molecule has 4 bridgehead atoms. The van der Waals surface area contributed by atoms with Crippen molar-refractivity contribution in [2.45, 2.75) is 56.9 Å². The SMILES string of the molecule is COCCCCNC12CC3CC(CC(C3)C1)C2. The van der Waals surface area contributed by atoms with E-state index in [1.165, 1.54) is 38.6 Å². The molecule has 0 spiro atoms. The monoisotopic (exact) mass is 237 g/mol. The van der Waals surface area contributed by atoms with Crippen LogP contribution < -0.4 is 5.32 Å². The second-order valence-corrected chi connectivity index (χ2v) is 6.82. The quantitative estimate of drug-likeness (QED) is 0.717. The van der Waals surface area contributed by atoms with Crippen LogP contribution in [0.2, 0.25) is 0 Å². The van der Waals surface area contributed by atoms with E-state index in [-0.39, 0.29) is 0 Å². The molecule has 4 aliphatic carbocycles. The molecule has 0 unspecified atom stereocenters. The number of hydrogen-bond donors (Lipinski definition) is 1. The van der Waals surface area contributed by atoms with Crippen LogP contribution in [0.15, 0.2) is 0 Å². The Balaban J connectivity index is 1.49. The molecule has 4 saturated carbocycles. The Hall–Kier alpha value is -0.0800. The average Bonchev–Trinajstić information content (AvgIpc) is 2.26. The second-order valence-electron chi connectivity index (χ2n) is 6.82. The van der Waals surface area contributed by atoms with Crippen LogP contribution in [-0.2, 0) is 4.74 Å². The van der Waals surface area contributed by atoms with Crippen LogP contribution >= 0.6 is 0 Å². The van der Waals surface area contributed by atoms with E-state index in [0.717, 1.165) is 24.4 Å². The number of unbranched alkanes of at least 4 members (excludes halogenated alkanes) is 1. The van der Waals surface area contributed by atoms with E-state index in [2.05, 4.69) is 5.32 Å². The van der Waals surface area contributed by atoms with Crippen molar-refractivity contribution >= 4 is 0 Å². The molecule has 0 amide bonds. The Kier molecular flexibility index (Phi) is 3.45. The molecular weight excluding hydrogens is 210 g/mol. The molecular formula is C15H27NO. The van der Waals surface area contributed by atoms with Crippen molar-refractivity contribution in [1.82, 2.24) is 5.32 Å². The van der Waals surface area contributed by atoms with Crippen LogP contribution in [0, 0.1) is 17.8 Å². The minimum Gasteiger partial charge on any atom is -0.385 e. The predicted molar refractivity (Wildman–Crippen MR) is 70.0 cm³/mol. The Morgan fingerprint density at radius 1 is 1.00 bits per heavy atom. The van der Waals surface area contributed by atoms with Gasteiger partial charge < -0.3 is 10.1 Å². The molecule has 0 aliphatic heterocycles. The minimum atomic E-state index is 0.557. The van der Waals surface area contributed by atoms with Gasteiger partial charge in [0.25, 0.3) is 0 Å². The van der Waals surface area contributed by atoms with Gasteiger partial charge in [-0.15, -0.1) is 0 Å². The van der Waals surface area contributed by atoms with Gasteiger partial charge in [0.1, 0.15) is 0 Å². The third-order valence-electron chi connectivity index (χ3n) is 5.31. The standard InChI is InChI=1S/C15H27NO/c1-17-5-3-2-4-16-15-9-12-6-13(10-15)8-14(7-12)11-15/h12-14,16H,2-11H2,1H3. The number of nitrogens with one attached hydrogen (secondary N) is 1. The number of ether oxygens (including phenoxy) is 1. The Bertz CT molecular complexity index is 228. The molecule has 4 rings (SSSR count). The summed E-state index contributed by atoms with van der Waals surface area (Å²) in [5, 5.41) is 3.93. The third-order valence-corrected chi connectivity index (χ3v) is 5.31. The van der Waals surface area contributed by atoms with E-state index in [1.807, 2.05) is 0 Å². The summed E-state index contributed by atoms with van der Waals surface area (Å²) in [5.74, 6) is 3.19. The van der Waals surface area contributed by atoms with Crippen LogP contribution in [0.25, 0.3) is 0 Å². The van der Waals surface area contributed by atoms with E-state index in [4.69, 9.17) is 4.74 Å². The Labute approximate surface area is 105 Å². The minimum absolute atomic E-state index is 0.557. The van der Waals surface area contributed by atoms with E-state index in [1.54, 1.807) is 26.4 Å². The summed E-state index contributed by atoms with van der Waals surface area (Å²) in [7, 11) is 1.80. The van der Waals surface area contributed by atoms with Crippen molar-refractivity contribution < 1.29 is 4.74 Å². The smallest absolute Gasteiger partial charge is 0.0462 e. The molecule has 2 heteroatoms. The van der Waals surface area contributed by atoms with Crippen LogP contribution in [0.1, 0.15) is 51.4 Å². The number of hydrogen-bond acceptors (Lipinski definition) is 2. The molecule has 4 fully saturated rings. The molecule has 0 aromatic heterocycles. The molecule has 0 heterocycles. The highest BCUT2D eigenvalue weighted by Gasteiger charge is 2.50. The highest BCUT2D eigenvalue weighted by Crippen LogP contribution is 2.55. The summed E-state index contributed by atoms with van der Waals surface area (Å²) >= 11 is 0. The van der Waals surface area contributed by atoms with Gasteiger partial charge in [0, 0.05) is 19.3 Å². The molecule has 0 saturated heterocycles. The van der Waals surface area contributed by atoms with Crippen molar-refractivity contribution in [2.75, 3.05) is 20.3 Å². The van der Waals surface area contributed by atoms with Gasteiger partial charge in [-0.05, 0) is 75.7 Å². The van der Waals surface area contributed by atoms with Gasteiger partial charge in [0.15, 0.2) is 0 Å². The van der Waals surface area contributed by atoms with E-state index >= 15 is 0 Å². The fourth-order valence-corrected chi connectivity index (χ4v) is 5.05. The predicted octanol–water partition coefficient (Wildman–Crippen LogP) is 2.97. The van der Waals surface area contributed by atoms with E-state index in [9.17, 15) is 0 Å². The molecule has 0 atom stereocenters. The lowest BCUT2D eigenvalue weighted by Gasteiger charge is -2.57. The molecule has 1 N–H and O–H groups in total. The maximum atomic E-state index is 5.11. The highest BCUT2D eigenvalue weighted by atomic mass is 16.5. The Morgan fingerprint density at radius 2 is 1.59 bits per heavy atom. The normalized spacial score (nSPS) is 43.2. The molecule has 0 radical (unpaired) electrons. The molecule has 0 aromatic rings. The number of rotatable bonds is 6. The molecule has 98 valence electrons. The summed E-state index contributed by atoms with van der Waals surface area (Å²) in [4.78, 5) is 0. The first-order valence-corrected chi connectivity index (χ1v) is 7.54. The van der Waals surface area contributed by atoms with Crippen LogP contribution in [0.4, 0.5) is 0 Å². The highest BCUT2D eigenvalue weighted by molar-refractivity contribution is 5.06. The fourth-order valence-electron chi connectivity index (χ4n) is 5.05. The van der Waals surface area contributed by atoms with Crippen LogP contribution in [0.3, 0.4) is 0 Å². The van der Waals surface area contributed by atoms with Gasteiger partial charge in [-0.25, -0.2) is 0 Å². The van der Waals surface area contributed by atoms with Crippen molar-refractivity contribution in [3.05, 3.63) is 0 Å². The first kappa shape index (κ1) is 12.0.